The Morgan fingerprint density at radius 1 is 1.67 bits per heavy atom. The Balaban J connectivity index is 2.94. The van der Waals surface area contributed by atoms with Crippen LogP contribution in [0.2, 0.25) is 0 Å². The molecule has 0 fully saturated rings. The molecule has 0 aliphatic carbocycles. The number of nitrogens with zero attached hydrogens (tertiary/aromatic N) is 2. The highest BCUT2D eigenvalue weighted by Crippen LogP contribution is 2.15. The van der Waals surface area contributed by atoms with Gasteiger partial charge in [-0.1, -0.05) is 4.49 Å². The predicted molar refractivity (Wildman–Crippen MR) is 37.2 cm³/mol. The molecular weight excluding hydrogens is 134 g/mol. The van der Waals surface area contributed by atoms with E-state index in [1.54, 1.807) is 0 Å². The lowest BCUT2D eigenvalue weighted by atomic mass is 10.2. The minimum atomic E-state index is 0.0741. The molecule has 0 saturated carbocycles. The van der Waals surface area contributed by atoms with Crippen molar-refractivity contribution in [1.82, 2.24) is 9.59 Å². The summed E-state index contributed by atoms with van der Waals surface area (Å²) in [5.41, 5.74) is 6.54. The van der Waals surface area contributed by atoms with Gasteiger partial charge >= 0.3 is 0 Å². The van der Waals surface area contributed by atoms with Crippen molar-refractivity contribution in [3.63, 3.8) is 0 Å². The molecule has 0 bridgehead atoms. The average Bonchev–Trinajstić information content (AvgIpc) is 2.13. The normalized spacial score (nSPS) is 13.7. The van der Waals surface area contributed by atoms with E-state index in [0.717, 1.165) is 10.6 Å². The molecule has 3 nitrogen and oxygen atoms in total. The summed E-state index contributed by atoms with van der Waals surface area (Å²) in [4.78, 5) is 1.08. The molecule has 2 N–H and O–H groups in total. The maximum absolute atomic E-state index is 5.59. The fraction of sp³-hybridized carbons (Fsp3) is 0.600. The lowest BCUT2D eigenvalue weighted by molar-refractivity contribution is 0.823. The third-order valence-electron chi connectivity index (χ3n) is 1.10. The molecule has 9 heavy (non-hydrogen) atoms. The van der Waals surface area contributed by atoms with E-state index in [4.69, 9.17) is 5.73 Å². The smallest absolute Gasteiger partial charge is 0.0772 e. The second kappa shape index (κ2) is 2.41. The van der Waals surface area contributed by atoms with Crippen LogP contribution in [0.25, 0.3) is 0 Å². The van der Waals surface area contributed by atoms with Gasteiger partial charge in [-0.15, -0.1) is 5.10 Å². The average molecular weight is 143 g/mol. The molecule has 0 amide bonds. The maximum atomic E-state index is 5.59. The summed E-state index contributed by atoms with van der Waals surface area (Å²) in [6.07, 6.45) is 0. The summed E-state index contributed by atoms with van der Waals surface area (Å²) in [6, 6.07) is 0.0741. The van der Waals surface area contributed by atoms with Crippen molar-refractivity contribution in [3.05, 3.63) is 10.6 Å². The van der Waals surface area contributed by atoms with Crippen molar-refractivity contribution in [2.24, 2.45) is 5.73 Å². The van der Waals surface area contributed by atoms with E-state index >= 15 is 0 Å². The van der Waals surface area contributed by atoms with E-state index in [0.29, 0.717) is 0 Å². The number of aromatic nitrogens is 2. The van der Waals surface area contributed by atoms with Crippen LogP contribution in [0.15, 0.2) is 0 Å². The van der Waals surface area contributed by atoms with Crippen molar-refractivity contribution in [3.8, 4) is 0 Å². The van der Waals surface area contributed by atoms with Gasteiger partial charge in [-0.2, -0.15) is 0 Å². The first-order valence-electron chi connectivity index (χ1n) is 2.76. The van der Waals surface area contributed by atoms with E-state index in [1.807, 2.05) is 13.8 Å². The molecule has 0 unspecified atom stereocenters. The minimum Gasteiger partial charge on any atom is -0.323 e. The lowest BCUT2D eigenvalue weighted by Gasteiger charge is -1.97. The zero-order valence-electron chi connectivity index (χ0n) is 5.46. The Bertz CT molecular complexity index is 194. The highest BCUT2D eigenvalue weighted by Gasteiger charge is 2.05. The molecule has 0 aliphatic heterocycles. The van der Waals surface area contributed by atoms with Crippen molar-refractivity contribution in [2.45, 2.75) is 19.9 Å². The summed E-state index contributed by atoms with van der Waals surface area (Å²) in [5.74, 6) is 0. The third kappa shape index (κ3) is 1.25. The molecule has 0 radical (unpaired) electrons. The van der Waals surface area contributed by atoms with Crippen LogP contribution in [0.3, 0.4) is 0 Å². The second-order valence-corrected chi connectivity index (χ2v) is 2.80. The third-order valence-corrected chi connectivity index (χ3v) is 2.13. The van der Waals surface area contributed by atoms with Crippen LogP contribution in [0, 0.1) is 6.92 Å². The zero-order chi connectivity index (χ0) is 6.85. The van der Waals surface area contributed by atoms with E-state index in [-0.39, 0.29) is 6.04 Å². The van der Waals surface area contributed by atoms with Crippen molar-refractivity contribution < 1.29 is 0 Å². The molecular formula is C5H9N3S. The summed E-state index contributed by atoms with van der Waals surface area (Å²) < 4.78 is 3.75. The molecule has 1 aromatic heterocycles. The van der Waals surface area contributed by atoms with Crippen LogP contribution in [0.4, 0.5) is 0 Å². The molecule has 50 valence electrons. The van der Waals surface area contributed by atoms with Crippen molar-refractivity contribution >= 4 is 11.5 Å². The molecule has 0 aromatic carbocycles. The molecule has 4 heteroatoms. The van der Waals surface area contributed by atoms with Crippen LogP contribution in [0.5, 0.6) is 0 Å². The van der Waals surface area contributed by atoms with Gasteiger partial charge in [0.15, 0.2) is 0 Å². The van der Waals surface area contributed by atoms with Gasteiger partial charge < -0.3 is 5.73 Å². The molecule has 1 atom stereocenters. The maximum Gasteiger partial charge on any atom is 0.0772 e. The summed E-state index contributed by atoms with van der Waals surface area (Å²) in [7, 11) is 0. The monoisotopic (exact) mass is 143 g/mol. The van der Waals surface area contributed by atoms with Crippen LogP contribution in [-0.2, 0) is 0 Å². The first-order valence-corrected chi connectivity index (χ1v) is 3.53. The van der Waals surface area contributed by atoms with Gasteiger partial charge in [0.25, 0.3) is 0 Å². The van der Waals surface area contributed by atoms with Crippen molar-refractivity contribution in [2.75, 3.05) is 0 Å². The number of aryl methyl sites for hydroxylation is 1. The van der Waals surface area contributed by atoms with Gasteiger partial charge in [0.1, 0.15) is 0 Å². The van der Waals surface area contributed by atoms with E-state index < -0.39 is 0 Å². The number of hydrogen-bond donors (Lipinski definition) is 1. The summed E-state index contributed by atoms with van der Waals surface area (Å²) in [5, 5.41) is 3.83. The second-order valence-electron chi connectivity index (χ2n) is 2.01. The quantitative estimate of drug-likeness (QED) is 0.634. The fourth-order valence-corrected chi connectivity index (χ4v) is 1.24. The van der Waals surface area contributed by atoms with Gasteiger partial charge in [-0.3, -0.25) is 0 Å². The minimum absolute atomic E-state index is 0.0741. The van der Waals surface area contributed by atoms with Crippen molar-refractivity contribution in [1.29, 1.82) is 0 Å². The number of rotatable bonds is 1. The number of nitrogens with two attached hydrogens (primary N) is 1. The molecule has 1 aromatic rings. The fourth-order valence-electron chi connectivity index (χ4n) is 0.654. The molecule has 1 heterocycles. The van der Waals surface area contributed by atoms with Gasteiger partial charge in [-0.25, -0.2) is 0 Å². The first-order chi connectivity index (χ1) is 4.22. The SMILES string of the molecule is Cc1nnsc1[C@H](C)N. The Labute approximate surface area is 58.1 Å². The Morgan fingerprint density at radius 3 is 2.56 bits per heavy atom. The zero-order valence-corrected chi connectivity index (χ0v) is 6.27. The van der Waals surface area contributed by atoms with Gasteiger partial charge in [0.05, 0.1) is 10.6 Å². The molecule has 0 spiro atoms. The van der Waals surface area contributed by atoms with Gasteiger partial charge in [0, 0.05) is 6.04 Å². The van der Waals surface area contributed by atoms with Crippen LogP contribution in [-0.4, -0.2) is 9.59 Å². The summed E-state index contributed by atoms with van der Waals surface area (Å²) >= 11 is 1.37. The van der Waals surface area contributed by atoms with E-state index in [2.05, 4.69) is 9.59 Å². The first kappa shape index (κ1) is 6.64. The Hall–Kier alpha value is -0.480. The predicted octanol–water partition coefficient (Wildman–Crippen LogP) is 0.866. The molecule has 0 saturated heterocycles. The van der Waals surface area contributed by atoms with Crippen LogP contribution >= 0.6 is 11.5 Å². The highest BCUT2D eigenvalue weighted by molar-refractivity contribution is 7.05. The molecule has 1 rings (SSSR count). The van der Waals surface area contributed by atoms with E-state index in [1.165, 1.54) is 11.5 Å². The topological polar surface area (TPSA) is 51.8 Å². The lowest BCUT2D eigenvalue weighted by Crippen LogP contribution is -2.03. The van der Waals surface area contributed by atoms with E-state index in [9.17, 15) is 0 Å². The van der Waals surface area contributed by atoms with Crippen LogP contribution < -0.4 is 5.73 Å². The molecule has 0 aliphatic rings. The van der Waals surface area contributed by atoms with Crippen LogP contribution in [0.1, 0.15) is 23.5 Å². The number of hydrogen-bond acceptors (Lipinski definition) is 4. The van der Waals surface area contributed by atoms with Gasteiger partial charge in [0.2, 0.25) is 0 Å². The standard InChI is InChI=1S/C5H9N3S/c1-3(6)5-4(2)7-8-9-5/h3H,6H2,1-2H3/t3-/m0/s1. The van der Waals surface area contributed by atoms with Gasteiger partial charge in [-0.05, 0) is 25.4 Å². The summed E-state index contributed by atoms with van der Waals surface area (Å²) in [6.45, 7) is 3.85. The Morgan fingerprint density at radius 2 is 2.33 bits per heavy atom. The largest absolute Gasteiger partial charge is 0.323 e. The Kier molecular flexibility index (Phi) is 1.78. The highest BCUT2D eigenvalue weighted by atomic mass is 32.1.